The Morgan fingerprint density at radius 3 is 2.81 bits per heavy atom. The molecule has 0 N–H and O–H groups in total. The Hall–Kier alpha value is -1.82. The van der Waals surface area contributed by atoms with Gasteiger partial charge in [-0.1, -0.05) is 12.0 Å². The molecule has 0 spiro atoms. The Bertz CT molecular complexity index is 434. The molecule has 1 aromatic rings. The topological polar surface area (TPSA) is 20.3 Å². The Balaban J connectivity index is 3.03. The van der Waals surface area contributed by atoms with Crippen molar-refractivity contribution in [2.75, 3.05) is 13.1 Å². The fourth-order valence-electron chi connectivity index (χ4n) is 1.43. The molecule has 16 heavy (non-hydrogen) atoms. The van der Waals surface area contributed by atoms with E-state index in [4.69, 9.17) is 6.42 Å². The molecule has 0 atom stereocenters. The molecule has 0 aliphatic heterocycles. The van der Waals surface area contributed by atoms with Crippen LogP contribution in [0.4, 0.5) is 4.39 Å². The lowest BCUT2D eigenvalue weighted by Gasteiger charge is -2.19. The molecule has 0 bridgehead atoms. The number of aryl methyl sites for hydroxylation is 1. The van der Waals surface area contributed by atoms with E-state index in [1.165, 1.54) is 17.0 Å². The molecule has 0 radical (unpaired) electrons. The molecule has 0 saturated heterocycles. The van der Waals surface area contributed by atoms with Crippen LogP contribution in [0.5, 0.6) is 0 Å². The minimum absolute atomic E-state index is 0.225. The molecule has 84 valence electrons. The monoisotopic (exact) mass is 219 g/mol. The summed E-state index contributed by atoms with van der Waals surface area (Å²) in [5, 5.41) is 0. The average molecular weight is 219 g/mol. The third-order valence-corrected chi connectivity index (χ3v) is 2.38. The summed E-state index contributed by atoms with van der Waals surface area (Å²) in [4.78, 5) is 13.5. The number of halogens is 1. The van der Waals surface area contributed by atoms with Crippen LogP contribution in [0.2, 0.25) is 0 Å². The zero-order valence-corrected chi connectivity index (χ0v) is 9.46. The molecule has 1 amide bonds. The summed E-state index contributed by atoms with van der Waals surface area (Å²) in [6.45, 7) is 4.37. The predicted molar refractivity (Wildman–Crippen MR) is 61.5 cm³/mol. The van der Waals surface area contributed by atoms with Crippen LogP contribution >= 0.6 is 0 Å². The van der Waals surface area contributed by atoms with Gasteiger partial charge >= 0.3 is 0 Å². The maximum atomic E-state index is 13.0. The van der Waals surface area contributed by atoms with E-state index in [0.717, 1.165) is 5.56 Å². The number of amides is 1. The van der Waals surface area contributed by atoms with Gasteiger partial charge in [-0.15, -0.1) is 6.42 Å². The van der Waals surface area contributed by atoms with Gasteiger partial charge < -0.3 is 4.90 Å². The maximum absolute atomic E-state index is 13.0. The van der Waals surface area contributed by atoms with Gasteiger partial charge in [-0.25, -0.2) is 4.39 Å². The van der Waals surface area contributed by atoms with E-state index in [9.17, 15) is 9.18 Å². The number of hydrogen-bond acceptors (Lipinski definition) is 1. The first-order valence-electron chi connectivity index (χ1n) is 5.09. The Morgan fingerprint density at radius 2 is 2.25 bits per heavy atom. The molecule has 0 saturated carbocycles. The molecule has 1 rings (SSSR count). The molecule has 0 heterocycles. The normalized spacial score (nSPS) is 9.62. The summed E-state index contributed by atoms with van der Waals surface area (Å²) in [5.74, 6) is 1.78. The Kier molecular flexibility index (Phi) is 4.07. The lowest BCUT2D eigenvalue weighted by molar-refractivity contribution is 0.0783. The highest BCUT2D eigenvalue weighted by Gasteiger charge is 2.15. The second kappa shape index (κ2) is 5.32. The maximum Gasteiger partial charge on any atom is 0.255 e. The van der Waals surface area contributed by atoms with Crippen LogP contribution in [-0.2, 0) is 0 Å². The van der Waals surface area contributed by atoms with Crippen molar-refractivity contribution in [2.24, 2.45) is 0 Å². The minimum Gasteiger partial charge on any atom is -0.328 e. The summed E-state index contributed by atoms with van der Waals surface area (Å²) in [6, 6.07) is 4.17. The van der Waals surface area contributed by atoms with Gasteiger partial charge in [0, 0.05) is 12.1 Å². The largest absolute Gasteiger partial charge is 0.328 e. The third kappa shape index (κ3) is 2.60. The van der Waals surface area contributed by atoms with Gasteiger partial charge in [-0.2, -0.15) is 0 Å². The van der Waals surface area contributed by atoms with Crippen LogP contribution < -0.4 is 0 Å². The van der Waals surface area contributed by atoms with E-state index in [2.05, 4.69) is 5.92 Å². The molecule has 0 aliphatic carbocycles. The molecule has 0 aromatic heterocycles. The van der Waals surface area contributed by atoms with Crippen molar-refractivity contribution in [2.45, 2.75) is 13.8 Å². The number of carbonyl (C=O) groups excluding carboxylic acids is 1. The highest BCUT2D eigenvalue weighted by atomic mass is 19.1. The zero-order valence-electron chi connectivity index (χ0n) is 9.46. The molecular weight excluding hydrogens is 205 g/mol. The number of hydrogen-bond donors (Lipinski definition) is 0. The van der Waals surface area contributed by atoms with Gasteiger partial charge in [0.05, 0.1) is 6.54 Å². The SMILES string of the molecule is C#CCN(CC)C(=O)c1cc(F)ccc1C. The van der Waals surface area contributed by atoms with Crippen molar-refractivity contribution >= 4 is 5.91 Å². The summed E-state index contributed by atoms with van der Waals surface area (Å²) >= 11 is 0. The van der Waals surface area contributed by atoms with Gasteiger partial charge in [0.15, 0.2) is 0 Å². The second-order valence-corrected chi connectivity index (χ2v) is 3.48. The quantitative estimate of drug-likeness (QED) is 0.714. The Labute approximate surface area is 95.1 Å². The van der Waals surface area contributed by atoms with E-state index in [1.54, 1.807) is 13.0 Å². The Morgan fingerprint density at radius 1 is 1.56 bits per heavy atom. The molecule has 3 heteroatoms. The van der Waals surface area contributed by atoms with Gasteiger partial charge in [0.1, 0.15) is 5.82 Å². The molecule has 0 aliphatic rings. The van der Waals surface area contributed by atoms with Crippen LogP contribution in [0.15, 0.2) is 18.2 Å². The highest BCUT2D eigenvalue weighted by Crippen LogP contribution is 2.12. The summed E-state index contributed by atoms with van der Waals surface area (Å²) in [5.41, 5.74) is 1.12. The predicted octanol–water partition coefficient (Wildman–Crippen LogP) is 2.23. The average Bonchev–Trinajstić information content (AvgIpc) is 2.28. The smallest absolute Gasteiger partial charge is 0.255 e. The first kappa shape index (κ1) is 12.3. The number of nitrogens with zero attached hydrogens (tertiary/aromatic N) is 1. The van der Waals surface area contributed by atoms with Crippen molar-refractivity contribution < 1.29 is 9.18 Å². The van der Waals surface area contributed by atoms with Crippen LogP contribution in [0.3, 0.4) is 0 Å². The summed E-state index contributed by atoms with van der Waals surface area (Å²) in [6.07, 6.45) is 5.17. The van der Waals surface area contributed by atoms with Crippen LogP contribution in [0, 0.1) is 25.1 Å². The van der Waals surface area contributed by atoms with E-state index in [0.29, 0.717) is 12.1 Å². The number of terminal acetylenes is 1. The molecule has 0 unspecified atom stereocenters. The number of rotatable bonds is 3. The van der Waals surface area contributed by atoms with Crippen molar-refractivity contribution in [1.29, 1.82) is 0 Å². The summed E-state index contributed by atoms with van der Waals surface area (Å²) in [7, 11) is 0. The standard InChI is InChI=1S/C13H14FNO/c1-4-8-15(5-2)13(16)12-9-11(14)7-6-10(12)3/h1,6-7,9H,5,8H2,2-3H3. The van der Waals surface area contributed by atoms with Gasteiger partial charge in [0.2, 0.25) is 0 Å². The van der Waals surface area contributed by atoms with Gasteiger partial charge in [-0.3, -0.25) is 4.79 Å². The highest BCUT2D eigenvalue weighted by molar-refractivity contribution is 5.95. The van der Waals surface area contributed by atoms with Crippen molar-refractivity contribution in [3.63, 3.8) is 0 Å². The number of carbonyl (C=O) groups is 1. The van der Waals surface area contributed by atoms with E-state index >= 15 is 0 Å². The van der Waals surface area contributed by atoms with Crippen LogP contribution in [0.1, 0.15) is 22.8 Å². The van der Waals surface area contributed by atoms with Crippen molar-refractivity contribution in [3.8, 4) is 12.3 Å². The zero-order chi connectivity index (χ0) is 12.1. The van der Waals surface area contributed by atoms with Crippen LogP contribution in [0.25, 0.3) is 0 Å². The first-order chi connectivity index (χ1) is 7.60. The van der Waals surface area contributed by atoms with E-state index < -0.39 is 5.82 Å². The lowest BCUT2D eigenvalue weighted by Crippen LogP contribution is -2.31. The first-order valence-corrected chi connectivity index (χ1v) is 5.09. The second-order valence-electron chi connectivity index (χ2n) is 3.48. The minimum atomic E-state index is -0.411. The molecule has 0 fully saturated rings. The van der Waals surface area contributed by atoms with E-state index in [-0.39, 0.29) is 12.5 Å². The van der Waals surface area contributed by atoms with Crippen molar-refractivity contribution in [1.82, 2.24) is 4.90 Å². The fraction of sp³-hybridized carbons (Fsp3) is 0.308. The van der Waals surface area contributed by atoms with Gasteiger partial charge in [0.25, 0.3) is 5.91 Å². The number of benzene rings is 1. The molecule has 2 nitrogen and oxygen atoms in total. The summed E-state index contributed by atoms with van der Waals surface area (Å²) < 4.78 is 13.0. The fourth-order valence-corrected chi connectivity index (χ4v) is 1.43. The van der Waals surface area contributed by atoms with Gasteiger partial charge in [-0.05, 0) is 31.5 Å². The van der Waals surface area contributed by atoms with E-state index in [1.807, 2.05) is 6.92 Å². The van der Waals surface area contributed by atoms with Crippen molar-refractivity contribution in [3.05, 3.63) is 35.1 Å². The third-order valence-electron chi connectivity index (χ3n) is 2.38. The molecule has 1 aromatic carbocycles. The lowest BCUT2D eigenvalue weighted by atomic mass is 10.1. The molecular formula is C13H14FNO. The van der Waals surface area contributed by atoms with Crippen LogP contribution in [-0.4, -0.2) is 23.9 Å².